The quantitative estimate of drug-likeness (QED) is 0.561. The highest BCUT2D eigenvalue weighted by molar-refractivity contribution is 5.90. The topological polar surface area (TPSA) is 97.2 Å². The Bertz CT molecular complexity index is 1060. The predicted octanol–water partition coefficient (Wildman–Crippen LogP) is 2.55. The van der Waals surface area contributed by atoms with E-state index in [-0.39, 0.29) is 5.91 Å². The number of anilines is 2. The van der Waals surface area contributed by atoms with E-state index in [4.69, 9.17) is 4.74 Å². The molecule has 4 rings (SSSR count). The van der Waals surface area contributed by atoms with E-state index in [1.165, 1.54) is 0 Å². The number of morpholine rings is 1. The van der Waals surface area contributed by atoms with E-state index in [2.05, 4.69) is 30.6 Å². The maximum atomic E-state index is 12.3. The first-order chi connectivity index (χ1) is 15.6. The number of amides is 1. The number of carbonyl (C=O) groups is 1. The average Bonchev–Trinajstić information content (AvgIpc) is 3.15. The minimum absolute atomic E-state index is 0.0186. The summed E-state index contributed by atoms with van der Waals surface area (Å²) in [6.45, 7) is 8.51. The molecule has 2 aromatic heterocycles. The van der Waals surface area contributed by atoms with Crippen LogP contribution in [0.4, 0.5) is 11.5 Å². The maximum Gasteiger partial charge on any atom is 0.225 e. The summed E-state index contributed by atoms with van der Waals surface area (Å²) < 4.78 is 7.12. The highest BCUT2D eigenvalue weighted by Gasteiger charge is 2.12. The first-order valence-electron chi connectivity index (χ1n) is 10.9. The lowest BCUT2D eigenvalue weighted by atomic mass is 10.2. The Kier molecular flexibility index (Phi) is 7.08. The van der Waals surface area contributed by atoms with Gasteiger partial charge in [-0.1, -0.05) is 12.1 Å². The monoisotopic (exact) mass is 435 g/mol. The number of ether oxygens (including phenoxy) is 1. The Balaban J connectivity index is 1.31. The van der Waals surface area contributed by atoms with Crippen LogP contribution in [0.2, 0.25) is 0 Å². The molecule has 0 bridgehead atoms. The van der Waals surface area contributed by atoms with Crippen LogP contribution in [0.5, 0.6) is 0 Å². The molecule has 168 valence electrons. The maximum absolute atomic E-state index is 12.3. The molecule has 9 nitrogen and oxygen atoms in total. The van der Waals surface area contributed by atoms with Crippen LogP contribution in [0.15, 0.2) is 42.7 Å². The first kappa shape index (κ1) is 21.9. The second-order valence-electron chi connectivity index (χ2n) is 7.91. The summed E-state index contributed by atoms with van der Waals surface area (Å²) in [5, 5.41) is 10.8. The van der Waals surface area contributed by atoms with E-state index in [1.54, 1.807) is 17.1 Å². The molecule has 3 heterocycles. The van der Waals surface area contributed by atoms with Gasteiger partial charge in [-0.25, -0.2) is 9.67 Å². The standard InChI is InChI=1S/C23H29N7O2/c1-17-12-18(2)30(28-17)22-16-24-15-21(27-22)25-14-19-4-3-5-20(13-19)26-23(31)6-7-29-8-10-32-11-9-29/h3-5,12-13,15-16H,6-11,14H2,1-2H3,(H,25,27)(H,26,31). The highest BCUT2D eigenvalue weighted by Crippen LogP contribution is 2.15. The SMILES string of the molecule is Cc1cc(C)n(-c2cncc(NCc3cccc(NC(=O)CCN4CCOCC4)c3)n2)n1. The summed E-state index contributed by atoms with van der Waals surface area (Å²) in [7, 11) is 0. The third-order valence-electron chi connectivity index (χ3n) is 5.29. The molecule has 2 N–H and O–H groups in total. The summed E-state index contributed by atoms with van der Waals surface area (Å²) in [4.78, 5) is 23.5. The Hall–Kier alpha value is -3.30. The number of aromatic nitrogens is 4. The van der Waals surface area contributed by atoms with Crippen LogP contribution in [-0.4, -0.2) is 63.4 Å². The molecule has 0 unspecified atom stereocenters. The van der Waals surface area contributed by atoms with Gasteiger partial charge in [0.25, 0.3) is 0 Å². The molecule has 1 aliphatic rings. The smallest absolute Gasteiger partial charge is 0.225 e. The number of aryl methyl sites for hydroxylation is 2. The number of rotatable bonds is 8. The molecule has 1 aliphatic heterocycles. The van der Waals surface area contributed by atoms with E-state index < -0.39 is 0 Å². The molecule has 0 spiro atoms. The van der Waals surface area contributed by atoms with Crippen LogP contribution in [0.3, 0.4) is 0 Å². The summed E-state index contributed by atoms with van der Waals surface area (Å²) in [5.41, 5.74) is 3.77. The van der Waals surface area contributed by atoms with Gasteiger partial charge in [0.2, 0.25) is 5.91 Å². The molecule has 0 radical (unpaired) electrons. The van der Waals surface area contributed by atoms with Gasteiger partial charge < -0.3 is 15.4 Å². The fourth-order valence-corrected chi connectivity index (χ4v) is 3.66. The van der Waals surface area contributed by atoms with Crippen LogP contribution in [0.25, 0.3) is 5.82 Å². The Morgan fingerprint density at radius 3 is 2.78 bits per heavy atom. The lowest BCUT2D eigenvalue weighted by Crippen LogP contribution is -2.38. The zero-order chi connectivity index (χ0) is 22.3. The van der Waals surface area contributed by atoms with Crippen molar-refractivity contribution in [3.05, 3.63) is 59.7 Å². The molecular weight excluding hydrogens is 406 g/mol. The number of benzene rings is 1. The summed E-state index contributed by atoms with van der Waals surface area (Å²) in [5.74, 6) is 1.35. The molecule has 1 saturated heterocycles. The highest BCUT2D eigenvalue weighted by atomic mass is 16.5. The zero-order valence-corrected chi connectivity index (χ0v) is 18.5. The van der Waals surface area contributed by atoms with Gasteiger partial charge >= 0.3 is 0 Å². The van der Waals surface area contributed by atoms with Crippen molar-refractivity contribution in [2.45, 2.75) is 26.8 Å². The van der Waals surface area contributed by atoms with Gasteiger partial charge in [-0.3, -0.25) is 14.7 Å². The van der Waals surface area contributed by atoms with Crippen LogP contribution in [0.1, 0.15) is 23.4 Å². The van der Waals surface area contributed by atoms with Crippen LogP contribution in [0, 0.1) is 13.8 Å². The van der Waals surface area contributed by atoms with Gasteiger partial charge in [-0.2, -0.15) is 5.10 Å². The second-order valence-corrected chi connectivity index (χ2v) is 7.91. The number of hydrogen-bond donors (Lipinski definition) is 2. The minimum atomic E-state index is 0.0186. The van der Waals surface area contributed by atoms with Crippen molar-refractivity contribution in [1.29, 1.82) is 0 Å². The van der Waals surface area contributed by atoms with Gasteiger partial charge in [0, 0.05) is 44.0 Å². The van der Waals surface area contributed by atoms with Crippen LogP contribution < -0.4 is 10.6 Å². The summed E-state index contributed by atoms with van der Waals surface area (Å²) >= 11 is 0. The van der Waals surface area contributed by atoms with Gasteiger partial charge in [-0.15, -0.1) is 0 Å². The molecule has 3 aromatic rings. The van der Waals surface area contributed by atoms with Gasteiger partial charge in [0.15, 0.2) is 5.82 Å². The van der Waals surface area contributed by atoms with Crippen molar-refractivity contribution in [2.24, 2.45) is 0 Å². The van der Waals surface area contributed by atoms with Crippen molar-refractivity contribution >= 4 is 17.4 Å². The van der Waals surface area contributed by atoms with Gasteiger partial charge in [-0.05, 0) is 37.6 Å². The largest absolute Gasteiger partial charge is 0.379 e. The number of nitrogens with one attached hydrogen (secondary N) is 2. The average molecular weight is 436 g/mol. The molecule has 0 aliphatic carbocycles. The molecule has 0 atom stereocenters. The molecule has 1 aromatic carbocycles. The van der Waals surface area contributed by atoms with Crippen LogP contribution >= 0.6 is 0 Å². The van der Waals surface area contributed by atoms with Crippen molar-refractivity contribution in [3.8, 4) is 5.82 Å². The molecule has 9 heteroatoms. The van der Waals surface area contributed by atoms with E-state index in [0.29, 0.717) is 24.6 Å². The third-order valence-corrected chi connectivity index (χ3v) is 5.29. The third kappa shape index (κ3) is 5.89. The van der Waals surface area contributed by atoms with E-state index in [0.717, 1.165) is 55.5 Å². The van der Waals surface area contributed by atoms with E-state index in [9.17, 15) is 4.79 Å². The van der Waals surface area contributed by atoms with E-state index in [1.807, 2.05) is 44.2 Å². The zero-order valence-electron chi connectivity index (χ0n) is 18.5. The molecule has 32 heavy (non-hydrogen) atoms. The van der Waals surface area contributed by atoms with Crippen molar-refractivity contribution in [2.75, 3.05) is 43.5 Å². The second kappa shape index (κ2) is 10.3. The Morgan fingerprint density at radius 2 is 2.00 bits per heavy atom. The summed E-state index contributed by atoms with van der Waals surface area (Å²) in [6, 6.07) is 9.82. The first-order valence-corrected chi connectivity index (χ1v) is 10.9. The van der Waals surface area contributed by atoms with E-state index >= 15 is 0 Å². The molecule has 1 fully saturated rings. The molecule has 0 saturated carbocycles. The predicted molar refractivity (Wildman–Crippen MR) is 123 cm³/mol. The Labute approximate surface area is 187 Å². The van der Waals surface area contributed by atoms with Crippen molar-refractivity contribution in [3.63, 3.8) is 0 Å². The van der Waals surface area contributed by atoms with Gasteiger partial charge in [0.1, 0.15) is 5.82 Å². The van der Waals surface area contributed by atoms with Crippen molar-refractivity contribution in [1.82, 2.24) is 24.6 Å². The Morgan fingerprint density at radius 1 is 1.16 bits per heavy atom. The number of carbonyl (C=O) groups excluding carboxylic acids is 1. The lowest BCUT2D eigenvalue weighted by Gasteiger charge is -2.26. The fraction of sp³-hybridized carbons (Fsp3) is 0.391. The fourth-order valence-electron chi connectivity index (χ4n) is 3.66. The minimum Gasteiger partial charge on any atom is -0.379 e. The van der Waals surface area contributed by atoms with Gasteiger partial charge in [0.05, 0.1) is 31.3 Å². The summed E-state index contributed by atoms with van der Waals surface area (Å²) in [6.07, 6.45) is 3.85. The number of hydrogen-bond acceptors (Lipinski definition) is 7. The molecule has 1 amide bonds. The normalized spacial score (nSPS) is 14.3. The molecular formula is C23H29N7O2. The lowest BCUT2D eigenvalue weighted by molar-refractivity contribution is -0.116. The van der Waals surface area contributed by atoms with Crippen molar-refractivity contribution < 1.29 is 9.53 Å². The number of nitrogens with zero attached hydrogens (tertiary/aromatic N) is 5. The van der Waals surface area contributed by atoms with Crippen LogP contribution in [-0.2, 0) is 16.1 Å².